The summed E-state index contributed by atoms with van der Waals surface area (Å²) in [5, 5.41) is 0. The van der Waals surface area contributed by atoms with Gasteiger partial charge < -0.3 is 10.6 Å². The largest absolute Gasteiger partial charge is 0.339 e. The molecule has 0 spiro atoms. The normalized spacial score (nSPS) is 13.6. The number of sulfone groups is 1. The molecule has 0 aliphatic carbocycles. The van der Waals surface area contributed by atoms with Crippen LogP contribution in [0, 0.1) is 0 Å². The molecule has 1 amide bonds. The highest BCUT2D eigenvalue weighted by Crippen LogP contribution is 2.07. The summed E-state index contributed by atoms with van der Waals surface area (Å²) in [6.07, 6.45) is 4.48. The molecular formula is C13H28N2O3S. The first-order chi connectivity index (χ1) is 8.69. The van der Waals surface area contributed by atoms with Crippen molar-refractivity contribution in [1.82, 2.24) is 4.90 Å². The molecule has 0 fully saturated rings. The molecule has 0 aliphatic rings. The number of nitrogens with two attached hydrogens (primary N) is 1. The summed E-state index contributed by atoms with van der Waals surface area (Å²) in [7, 11) is -3.07. The quantitative estimate of drug-likeness (QED) is 0.647. The second-order valence-electron chi connectivity index (χ2n) is 5.36. The van der Waals surface area contributed by atoms with Gasteiger partial charge in [0.1, 0.15) is 9.84 Å². The van der Waals surface area contributed by atoms with Crippen LogP contribution in [0.1, 0.15) is 46.5 Å². The van der Waals surface area contributed by atoms with E-state index in [4.69, 9.17) is 5.73 Å². The van der Waals surface area contributed by atoms with Gasteiger partial charge in [0.2, 0.25) is 5.91 Å². The van der Waals surface area contributed by atoms with E-state index in [9.17, 15) is 13.2 Å². The zero-order valence-electron chi connectivity index (χ0n) is 12.6. The van der Waals surface area contributed by atoms with Gasteiger partial charge in [0.15, 0.2) is 0 Å². The highest BCUT2D eigenvalue weighted by Gasteiger charge is 2.23. The fourth-order valence-corrected chi connectivity index (χ4v) is 2.51. The minimum Gasteiger partial charge on any atom is -0.339 e. The second-order valence-corrected chi connectivity index (χ2v) is 7.62. The van der Waals surface area contributed by atoms with E-state index in [1.54, 1.807) is 4.90 Å². The molecular weight excluding hydrogens is 264 g/mol. The molecule has 0 radical (unpaired) electrons. The molecule has 0 bridgehead atoms. The molecule has 2 N–H and O–H groups in total. The minimum atomic E-state index is -3.07. The Hall–Kier alpha value is -0.620. The monoisotopic (exact) mass is 292 g/mol. The van der Waals surface area contributed by atoms with Crippen molar-refractivity contribution in [3.8, 4) is 0 Å². The predicted octanol–water partition coefficient (Wildman–Crippen LogP) is 1.18. The van der Waals surface area contributed by atoms with Gasteiger partial charge in [-0.3, -0.25) is 4.79 Å². The summed E-state index contributed by atoms with van der Waals surface area (Å²) in [6, 6.07) is -0.632. The van der Waals surface area contributed by atoms with Crippen molar-refractivity contribution in [2.75, 3.05) is 18.6 Å². The van der Waals surface area contributed by atoms with Crippen LogP contribution in [0.25, 0.3) is 0 Å². The average Bonchev–Trinajstić information content (AvgIpc) is 2.29. The molecule has 0 saturated carbocycles. The lowest BCUT2D eigenvalue weighted by atomic mass is 10.1. The summed E-state index contributed by atoms with van der Waals surface area (Å²) in [5.74, 6) is -0.185. The van der Waals surface area contributed by atoms with Gasteiger partial charge in [-0.25, -0.2) is 8.42 Å². The van der Waals surface area contributed by atoms with Crippen LogP contribution in [0.5, 0.6) is 0 Å². The van der Waals surface area contributed by atoms with Gasteiger partial charge in [0.05, 0.1) is 11.8 Å². The second kappa shape index (κ2) is 8.53. The van der Waals surface area contributed by atoms with E-state index in [0.717, 1.165) is 25.5 Å². The van der Waals surface area contributed by atoms with E-state index >= 15 is 0 Å². The topological polar surface area (TPSA) is 80.5 Å². The third-order valence-corrected chi connectivity index (χ3v) is 4.00. The van der Waals surface area contributed by atoms with Gasteiger partial charge in [0.25, 0.3) is 0 Å². The average molecular weight is 292 g/mol. The van der Waals surface area contributed by atoms with E-state index < -0.39 is 15.9 Å². The van der Waals surface area contributed by atoms with Crippen LogP contribution in [-0.2, 0) is 14.6 Å². The van der Waals surface area contributed by atoms with E-state index in [2.05, 4.69) is 6.92 Å². The minimum absolute atomic E-state index is 0.0409. The van der Waals surface area contributed by atoms with Crippen molar-refractivity contribution in [2.45, 2.75) is 58.5 Å². The van der Waals surface area contributed by atoms with E-state index in [-0.39, 0.29) is 24.1 Å². The molecule has 0 heterocycles. The third kappa shape index (κ3) is 8.21. The van der Waals surface area contributed by atoms with E-state index in [1.165, 1.54) is 0 Å². The number of carbonyl (C=O) groups excluding carboxylic acids is 1. The maximum absolute atomic E-state index is 12.2. The highest BCUT2D eigenvalue weighted by atomic mass is 32.2. The standard InChI is InChI=1S/C13H28N2O3S/c1-5-6-7-9-15(11(2)3)13(16)12(14)8-10-19(4,17)18/h11-12H,5-10,14H2,1-4H3. The van der Waals surface area contributed by atoms with Crippen LogP contribution in [0.15, 0.2) is 0 Å². The molecule has 6 heteroatoms. The first-order valence-corrected chi connectivity index (χ1v) is 8.98. The Morgan fingerprint density at radius 2 is 1.84 bits per heavy atom. The lowest BCUT2D eigenvalue weighted by molar-refractivity contribution is -0.134. The maximum Gasteiger partial charge on any atom is 0.239 e. The van der Waals surface area contributed by atoms with Crippen LogP contribution in [0.2, 0.25) is 0 Å². The van der Waals surface area contributed by atoms with Crippen LogP contribution < -0.4 is 5.73 Å². The Morgan fingerprint density at radius 1 is 1.26 bits per heavy atom. The number of hydrogen-bond acceptors (Lipinski definition) is 4. The molecule has 114 valence electrons. The van der Waals surface area contributed by atoms with Crippen molar-refractivity contribution >= 4 is 15.7 Å². The fraction of sp³-hybridized carbons (Fsp3) is 0.923. The Bertz CT molecular complexity index is 366. The lowest BCUT2D eigenvalue weighted by Gasteiger charge is -2.29. The summed E-state index contributed by atoms with van der Waals surface area (Å²) in [4.78, 5) is 14.0. The molecule has 0 aliphatic heterocycles. The highest BCUT2D eigenvalue weighted by molar-refractivity contribution is 7.90. The predicted molar refractivity (Wildman–Crippen MR) is 78.7 cm³/mol. The molecule has 0 rings (SSSR count). The van der Waals surface area contributed by atoms with Gasteiger partial charge in [-0.05, 0) is 26.7 Å². The summed E-state index contributed by atoms with van der Waals surface area (Å²) in [5.41, 5.74) is 5.81. The van der Waals surface area contributed by atoms with Gasteiger partial charge in [-0.2, -0.15) is 0 Å². The zero-order chi connectivity index (χ0) is 15.1. The van der Waals surface area contributed by atoms with E-state index in [0.29, 0.717) is 6.54 Å². The lowest BCUT2D eigenvalue weighted by Crippen LogP contribution is -2.47. The van der Waals surface area contributed by atoms with Crippen molar-refractivity contribution < 1.29 is 13.2 Å². The number of rotatable bonds is 9. The molecule has 0 aromatic rings. The number of nitrogens with zero attached hydrogens (tertiary/aromatic N) is 1. The van der Waals surface area contributed by atoms with Crippen LogP contribution in [0.4, 0.5) is 0 Å². The number of amides is 1. The van der Waals surface area contributed by atoms with Crippen LogP contribution in [-0.4, -0.2) is 49.9 Å². The third-order valence-electron chi connectivity index (χ3n) is 3.03. The Labute approximate surface area is 117 Å². The van der Waals surface area contributed by atoms with Gasteiger partial charge in [-0.15, -0.1) is 0 Å². The summed E-state index contributed by atoms with van der Waals surface area (Å²) >= 11 is 0. The van der Waals surface area contributed by atoms with Crippen molar-refractivity contribution in [3.05, 3.63) is 0 Å². The smallest absolute Gasteiger partial charge is 0.239 e. The number of hydrogen-bond donors (Lipinski definition) is 1. The molecule has 1 atom stereocenters. The van der Waals surface area contributed by atoms with Crippen molar-refractivity contribution in [3.63, 3.8) is 0 Å². The zero-order valence-corrected chi connectivity index (χ0v) is 13.4. The van der Waals surface area contributed by atoms with Crippen molar-refractivity contribution in [1.29, 1.82) is 0 Å². The van der Waals surface area contributed by atoms with Gasteiger partial charge >= 0.3 is 0 Å². The SMILES string of the molecule is CCCCCN(C(=O)C(N)CCS(C)(=O)=O)C(C)C. The van der Waals surface area contributed by atoms with Crippen LogP contribution >= 0.6 is 0 Å². The molecule has 0 saturated heterocycles. The molecule has 1 unspecified atom stereocenters. The number of unbranched alkanes of at least 4 members (excludes halogenated alkanes) is 2. The Kier molecular flexibility index (Phi) is 8.25. The van der Waals surface area contributed by atoms with Crippen LogP contribution in [0.3, 0.4) is 0 Å². The van der Waals surface area contributed by atoms with Gasteiger partial charge in [-0.1, -0.05) is 19.8 Å². The molecule has 0 aromatic heterocycles. The van der Waals surface area contributed by atoms with Crippen molar-refractivity contribution in [2.24, 2.45) is 5.73 Å². The molecule has 0 aromatic carbocycles. The maximum atomic E-state index is 12.2. The Balaban J connectivity index is 4.44. The first-order valence-electron chi connectivity index (χ1n) is 6.92. The Morgan fingerprint density at radius 3 is 2.26 bits per heavy atom. The van der Waals surface area contributed by atoms with Gasteiger partial charge in [0, 0.05) is 18.8 Å². The molecule has 5 nitrogen and oxygen atoms in total. The summed E-state index contributed by atoms with van der Waals surface area (Å²) in [6.45, 7) is 6.70. The summed E-state index contributed by atoms with van der Waals surface area (Å²) < 4.78 is 22.2. The molecule has 19 heavy (non-hydrogen) atoms. The first kappa shape index (κ1) is 18.4. The number of carbonyl (C=O) groups is 1. The fourth-order valence-electron chi connectivity index (χ4n) is 1.83. The van der Waals surface area contributed by atoms with E-state index in [1.807, 2.05) is 13.8 Å².